The van der Waals surface area contributed by atoms with Crippen LogP contribution in [0.15, 0.2) is 66.9 Å². The van der Waals surface area contributed by atoms with Crippen molar-refractivity contribution in [3.05, 3.63) is 100 Å². The molecule has 2 aliphatic heterocycles. The number of carbonyl (C=O) groups is 4. The number of likely N-dealkylation sites (tertiary alicyclic amines) is 2. The lowest BCUT2D eigenvalue weighted by Crippen LogP contribution is -2.40. The summed E-state index contributed by atoms with van der Waals surface area (Å²) in [5.41, 5.74) is 5.03. The summed E-state index contributed by atoms with van der Waals surface area (Å²) >= 11 is 0. The monoisotopic (exact) mass is 579 g/mol. The number of aryl methyl sites for hydroxylation is 1. The fourth-order valence-corrected chi connectivity index (χ4v) is 6.18. The number of nitrogens with zero attached hydrogens (tertiary/aromatic N) is 3. The zero-order valence-corrected chi connectivity index (χ0v) is 25.3. The molecule has 7 heteroatoms. The van der Waals surface area contributed by atoms with Gasteiger partial charge in [-0.3, -0.25) is 29.1 Å². The standard InChI is InChI=1S/C36H41N3O4/c1-25-3-9-30(10-4-25)35(42)31-15-19-39(20-16-31)36(43)33-12-11-32(23-37-33)34(41)22-28-13-17-38(18-14-28)24-29-7-5-27(6-8-29)21-26(2)40/h3-12,23,28,31H,13-22,24H2,1-2H3. The molecule has 0 radical (unpaired) electrons. The number of Topliss-reactive ketones (excluding diaryl/α,β-unsaturated/α-hetero) is 3. The second kappa shape index (κ2) is 14.0. The third-order valence-electron chi connectivity index (χ3n) is 8.86. The summed E-state index contributed by atoms with van der Waals surface area (Å²) in [5, 5.41) is 0. The van der Waals surface area contributed by atoms with E-state index in [1.54, 1.807) is 24.0 Å². The van der Waals surface area contributed by atoms with Crippen LogP contribution in [0.4, 0.5) is 0 Å². The van der Waals surface area contributed by atoms with Crippen LogP contribution in [0.5, 0.6) is 0 Å². The van der Waals surface area contributed by atoms with Gasteiger partial charge in [0.15, 0.2) is 11.6 Å². The van der Waals surface area contributed by atoms with E-state index < -0.39 is 0 Å². The van der Waals surface area contributed by atoms with Crippen LogP contribution in [0.3, 0.4) is 0 Å². The van der Waals surface area contributed by atoms with Gasteiger partial charge in [-0.2, -0.15) is 0 Å². The van der Waals surface area contributed by atoms with Crippen molar-refractivity contribution in [2.75, 3.05) is 26.2 Å². The van der Waals surface area contributed by atoms with E-state index in [0.29, 0.717) is 55.9 Å². The van der Waals surface area contributed by atoms with Crippen LogP contribution in [-0.2, 0) is 17.8 Å². The molecule has 224 valence electrons. The Kier molecular flexibility index (Phi) is 9.93. The van der Waals surface area contributed by atoms with Gasteiger partial charge in [0.1, 0.15) is 11.5 Å². The fourth-order valence-electron chi connectivity index (χ4n) is 6.18. The molecule has 0 spiro atoms. The smallest absolute Gasteiger partial charge is 0.272 e. The highest BCUT2D eigenvalue weighted by Gasteiger charge is 2.29. The minimum absolute atomic E-state index is 0.0708. The van der Waals surface area contributed by atoms with E-state index in [0.717, 1.165) is 49.2 Å². The van der Waals surface area contributed by atoms with Crippen molar-refractivity contribution in [2.45, 2.75) is 58.9 Å². The van der Waals surface area contributed by atoms with Gasteiger partial charge in [0.2, 0.25) is 0 Å². The molecule has 7 nitrogen and oxygen atoms in total. The van der Waals surface area contributed by atoms with Gasteiger partial charge in [0, 0.05) is 55.7 Å². The summed E-state index contributed by atoms with van der Waals surface area (Å²) in [4.78, 5) is 58.8. The molecule has 3 aromatic rings. The molecule has 0 aliphatic carbocycles. The second-order valence-electron chi connectivity index (χ2n) is 12.3. The second-order valence-corrected chi connectivity index (χ2v) is 12.3. The van der Waals surface area contributed by atoms with Gasteiger partial charge in [0.25, 0.3) is 5.91 Å². The molecule has 2 fully saturated rings. The van der Waals surface area contributed by atoms with Gasteiger partial charge in [-0.15, -0.1) is 0 Å². The fraction of sp³-hybridized carbons (Fsp3) is 0.417. The number of piperidine rings is 2. The zero-order valence-electron chi connectivity index (χ0n) is 25.3. The first-order valence-electron chi connectivity index (χ1n) is 15.4. The highest BCUT2D eigenvalue weighted by molar-refractivity contribution is 5.99. The van der Waals surface area contributed by atoms with Gasteiger partial charge in [0.05, 0.1) is 0 Å². The van der Waals surface area contributed by atoms with E-state index in [-0.39, 0.29) is 29.2 Å². The number of benzene rings is 2. The van der Waals surface area contributed by atoms with E-state index in [1.165, 1.54) is 11.8 Å². The molecule has 2 aliphatic rings. The number of hydrogen-bond donors (Lipinski definition) is 0. The van der Waals surface area contributed by atoms with Crippen LogP contribution in [0, 0.1) is 18.8 Å². The normalized spacial score (nSPS) is 16.7. The van der Waals surface area contributed by atoms with Gasteiger partial charge in [-0.1, -0.05) is 54.1 Å². The van der Waals surface area contributed by atoms with Crippen LogP contribution in [0.1, 0.15) is 86.9 Å². The summed E-state index contributed by atoms with van der Waals surface area (Å²) in [6.45, 7) is 7.43. The molecule has 2 aromatic carbocycles. The van der Waals surface area contributed by atoms with Crippen molar-refractivity contribution >= 4 is 23.3 Å². The highest BCUT2D eigenvalue weighted by atomic mass is 16.2. The summed E-state index contributed by atoms with van der Waals surface area (Å²) < 4.78 is 0. The largest absolute Gasteiger partial charge is 0.337 e. The lowest BCUT2D eigenvalue weighted by molar-refractivity contribution is -0.116. The molecule has 1 amide bonds. The van der Waals surface area contributed by atoms with E-state index >= 15 is 0 Å². The van der Waals surface area contributed by atoms with Crippen LogP contribution >= 0.6 is 0 Å². The van der Waals surface area contributed by atoms with Crippen molar-refractivity contribution in [1.29, 1.82) is 0 Å². The molecule has 0 unspecified atom stereocenters. The van der Waals surface area contributed by atoms with E-state index in [2.05, 4.69) is 22.0 Å². The van der Waals surface area contributed by atoms with E-state index in [9.17, 15) is 19.2 Å². The number of hydrogen-bond acceptors (Lipinski definition) is 6. The molecule has 43 heavy (non-hydrogen) atoms. The zero-order chi connectivity index (χ0) is 30.3. The Balaban J connectivity index is 1.05. The minimum Gasteiger partial charge on any atom is -0.337 e. The number of carbonyl (C=O) groups excluding carboxylic acids is 4. The Hall–Kier alpha value is -3.97. The molecule has 2 saturated heterocycles. The topological polar surface area (TPSA) is 87.7 Å². The molecule has 0 N–H and O–H groups in total. The van der Waals surface area contributed by atoms with E-state index in [1.807, 2.05) is 43.3 Å². The SMILES string of the molecule is CC(=O)Cc1ccc(CN2CCC(CC(=O)c3ccc(C(=O)N4CCC(C(=O)c5ccc(C)cc5)CC4)nc3)CC2)cc1. The van der Waals surface area contributed by atoms with Crippen LogP contribution in [0.2, 0.25) is 0 Å². The van der Waals surface area contributed by atoms with Crippen LogP contribution in [-0.4, -0.2) is 64.2 Å². The number of ketones is 3. The van der Waals surface area contributed by atoms with Crippen molar-refractivity contribution < 1.29 is 19.2 Å². The van der Waals surface area contributed by atoms with Gasteiger partial charge in [-0.25, -0.2) is 0 Å². The predicted octanol–water partition coefficient (Wildman–Crippen LogP) is 5.74. The summed E-state index contributed by atoms with van der Waals surface area (Å²) in [6.07, 6.45) is 5.73. The van der Waals surface area contributed by atoms with Crippen LogP contribution in [0.25, 0.3) is 0 Å². The Labute approximate surface area is 254 Å². The number of amides is 1. The van der Waals surface area contributed by atoms with Crippen molar-refractivity contribution in [1.82, 2.24) is 14.8 Å². The van der Waals surface area contributed by atoms with Crippen molar-refractivity contribution in [3.8, 4) is 0 Å². The first kappa shape index (κ1) is 30.5. The maximum Gasteiger partial charge on any atom is 0.272 e. The lowest BCUT2D eigenvalue weighted by Gasteiger charge is -2.31. The maximum atomic E-state index is 13.1. The predicted molar refractivity (Wildman–Crippen MR) is 166 cm³/mol. The minimum atomic E-state index is -0.152. The van der Waals surface area contributed by atoms with Gasteiger partial charge < -0.3 is 4.90 Å². The molecule has 5 rings (SSSR count). The molecular formula is C36H41N3O4. The number of pyridine rings is 1. The van der Waals surface area contributed by atoms with Crippen LogP contribution < -0.4 is 0 Å². The number of aromatic nitrogens is 1. The first-order valence-corrected chi connectivity index (χ1v) is 15.4. The Bertz CT molecular complexity index is 1430. The quantitative estimate of drug-likeness (QED) is 0.285. The maximum absolute atomic E-state index is 13.1. The first-order chi connectivity index (χ1) is 20.7. The Morgan fingerprint density at radius 1 is 0.767 bits per heavy atom. The Morgan fingerprint density at radius 2 is 1.40 bits per heavy atom. The summed E-state index contributed by atoms with van der Waals surface area (Å²) in [6, 6.07) is 19.3. The van der Waals surface area contributed by atoms with Gasteiger partial charge >= 0.3 is 0 Å². The van der Waals surface area contributed by atoms with Crippen molar-refractivity contribution in [2.24, 2.45) is 11.8 Å². The molecular weight excluding hydrogens is 538 g/mol. The average Bonchev–Trinajstić information content (AvgIpc) is 3.02. The third-order valence-corrected chi connectivity index (χ3v) is 8.86. The van der Waals surface area contributed by atoms with E-state index in [4.69, 9.17) is 0 Å². The Morgan fingerprint density at radius 3 is 2.00 bits per heavy atom. The lowest BCUT2D eigenvalue weighted by atomic mass is 9.88. The molecule has 1 aromatic heterocycles. The molecule has 3 heterocycles. The highest BCUT2D eigenvalue weighted by Crippen LogP contribution is 2.25. The molecule has 0 bridgehead atoms. The average molecular weight is 580 g/mol. The molecule has 0 atom stereocenters. The number of rotatable bonds is 10. The third kappa shape index (κ3) is 8.11. The van der Waals surface area contributed by atoms with Gasteiger partial charge in [-0.05, 0) is 81.8 Å². The summed E-state index contributed by atoms with van der Waals surface area (Å²) in [7, 11) is 0. The summed E-state index contributed by atoms with van der Waals surface area (Å²) in [5.74, 6) is 0.506. The molecule has 0 saturated carbocycles. The van der Waals surface area contributed by atoms with Crippen molar-refractivity contribution in [3.63, 3.8) is 0 Å².